The summed E-state index contributed by atoms with van der Waals surface area (Å²) < 4.78 is 16.9. The van der Waals surface area contributed by atoms with Crippen LogP contribution in [0.3, 0.4) is 0 Å². The highest BCUT2D eigenvalue weighted by atomic mass is 16.6. The average molecular weight is 395 g/mol. The number of hydrogen-bond donors (Lipinski definition) is 1. The molecule has 158 valence electrons. The first kappa shape index (κ1) is 20.3. The third-order valence-corrected chi connectivity index (χ3v) is 8.51. The SMILES string of the molecule is CC(=O)OC[C@@]12C(=O)C[C@@H](C)[C@](C)(CCC3CCOC3)[C@H]1[C@H](O)CC[C@]21CO1. The number of aliphatic hydroxyl groups is 1. The number of carbonyl (C=O) groups is 2. The molecule has 6 heteroatoms. The predicted molar refractivity (Wildman–Crippen MR) is 102 cm³/mol. The second kappa shape index (κ2) is 7.06. The summed E-state index contributed by atoms with van der Waals surface area (Å²) in [6.45, 7) is 7.93. The maximum atomic E-state index is 13.5. The van der Waals surface area contributed by atoms with Crippen LogP contribution in [-0.4, -0.2) is 55.0 Å². The Labute approximate surface area is 167 Å². The summed E-state index contributed by atoms with van der Waals surface area (Å²) in [6, 6.07) is 0. The van der Waals surface area contributed by atoms with Crippen molar-refractivity contribution in [3.63, 3.8) is 0 Å². The Balaban J connectivity index is 1.70. The van der Waals surface area contributed by atoms with Gasteiger partial charge in [0.15, 0.2) is 0 Å². The molecule has 4 fully saturated rings. The van der Waals surface area contributed by atoms with Crippen molar-refractivity contribution in [2.75, 3.05) is 26.4 Å². The number of fused-ring (bicyclic) bond motifs is 2. The second-order valence-electron chi connectivity index (χ2n) is 9.92. The topological polar surface area (TPSA) is 85.4 Å². The largest absolute Gasteiger partial charge is 0.465 e. The van der Waals surface area contributed by atoms with Crippen LogP contribution in [0.25, 0.3) is 0 Å². The molecule has 0 aromatic heterocycles. The fourth-order valence-electron chi connectivity index (χ4n) is 6.55. The van der Waals surface area contributed by atoms with Crippen molar-refractivity contribution in [3.8, 4) is 0 Å². The molecule has 0 aromatic carbocycles. The van der Waals surface area contributed by atoms with Gasteiger partial charge in [-0.1, -0.05) is 13.8 Å². The number of rotatable bonds is 5. The summed E-state index contributed by atoms with van der Waals surface area (Å²) in [5.74, 6) is 0.177. The number of carbonyl (C=O) groups excluding carboxylic acids is 2. The van der Waals surface area contributed by atoms with Crippen molar-refractivity contribution in [1.82, 2.24) is 0 Å². The zero-order valence-electron chi connectivity index (χ0n) is 17.4. The highest BCUT2D eigenvalue weighted by molar-refractivity contribution is 5.89. The van der Waals surface area contributed by atoms with Gasteiger partial charge in [0.1, 0.15) is 18.0 Å². The first-order chi connectivity index (χ1) is 13.3. The van der Waals surface area contributed by atoms with Crippen LogP contribution in [0.1, 0.15) is 59.3 Å². The van der Waals surface area contributed by atoms with E-state index in [1.165, 1.54) is 6.92 Å². The molecule has 1 N–H and O–H groups in total. The van der Waals surface area contributed by atoms with Crippen LogP contribution >= 0.6 is 0 Å². The van der Waals surface area contributed by atoms with Gasteiger partial charge in [0.05, 0.1) is 18.1 Å². The first-order valence-electron chi connectivity index (χ1n) is 10.8. The number of hydrogen-bond acceptors (Lipinski definition) is 6. The lowest BCUT2D eigenvalue weighted by atomic mass is 9.42. The van der Waals surface area contributed by atoms with Crippen molar-refractivity contribution in [1.29, 1.82) is 0 Å². The monoisotopic (exact) mass is 394 g/mol. The van der Waals surface area contributed by atoms with Crippen LogP contribution in [0.2, 0.25) is 0 Å². The summed E-state index contributed by atoms with van der Waals surface area (Å²) in [4.78, 5) is 25.2. The summed E-state index contributed by atoms with van der Waals surface area (Å²) >= 11 is 0. The summed E-state index contributed by atoms with van der Waals surface area (Å²) in [7, 11) is 0. The highest BCUT2D eigenvalue weighted by Gasteiger charge is 2.76. The average Bonchev–Trinajstić information content (AvgIpc) is 3.23. The molecule has 2 heterocycles. The van der Waals surface area contributed by atoms with Gasteiger partial charge in [-0.25, -0.2) is 0 Å². The Morgan fingerprint density at radius 3 is 2.71 bits per heavy atom. The smallest absolute Gasteiger partial charge is 0.302 e. The molecule has 4 aliphatic rings. The van der Waals surface area contributed by atoms with Gasteiger partial charge < -0.3 is 19.3 Å². The van der Waals surface area contributed by atoms with Crippen LogP contribution in [0.4, 0.5) is 0 Å². The van der Waals surface area contributed by atoms with E-state index in [4.69, 9.17) is 14.2 Å². The van der Waals surface area contributed by atoms with Crippen molar-refractivity contribution < 1.29 is 28.9 Å². The maximum Gasteiger partial charge on any atom is 0.302 e. The first-order valence-corrected chi connectivity index (χ1v) is 10.8. The molecular weight excluding hydrogens is 360 g/mol. The third kappa shape index (κ3) is 2.94. The second-order valence-corrected chi connectivity index (χ2v) is 9.92. The molecule has 28 heavy (non-hydrogen) atoms. The van der Waals surface area contributed by atoms with E-state index >= 15 is 0 Å². The maximum absolute atomic E-state index is 13.5. The van der Waals surface area contributed by atoms with Gasteiger partial charge in [-0.2, -0.15) is 0 Å². The quantitative estimate of drug-likeness (QED) is 0.570. The summed E-state index contributed by atoms with van der Waals surface area (Å²) in [5, 5.41) is 11.2. The molecular formula is C22H34O6. The third-order valence-electron chi connectivity index (χ3n) is 8.51. The number of aliphatic hydroxyl groups excluding tert-OH is 1. The minimum absolute atomic E-state index is 0.0255. The summed E-state index contributed by atoms with van der Waals surface area (Å²) in [5.41, 5.74) is -1.71. The van der Waals surface area contributed by atoms with Crippen molar-refractivity contribution in [2.24, 2.45) is 28.6 Å². The number of Topliss-reactive ketones (excluding diaryl/α,β-unsaturated/α-hetero) is 1. The van der Waals surface area contributed by atoms with Gasteiger partial charge >= 0.3 is 5.97 Å². The molecule has 0 bridgehead atoms. The Hall–Kier alpha value is -0.980. The van der Waals surface area contributed by atoms with E-state index in [2.05, 4.69) is 13.8 Å². The van der Waals surface area contributed by atoms with Crippen LogP contribution in [-0.2, 0) is 23.8 Å². The predicted octanol–water partition coefficient (Wildman–Crippen LogP) is 2.51. The number of epoxide rings is 1. The molecule has 7 atom stereocenters. The molecule has 0 radical (unpaired) electrons. The lowest BCUT2D eigenvalue weighted by molar-refractivity contribution is -0.203. The van der Waals surface area contributed by atoms with E-state index in [0.29, 0.717) is 31.8 Å². The Kier molecular flexibility index (Phi) is 5.12. The highest BCUT2D eigenvalue weighted by Crippen LogP contribution is 2.67. The van der Waals surface area contributed by atoms with Crippen molar-refractivity contribution in [2.45, 2.75) is 71.0 Å². The van der Waals surface area contributed by atoms with Gasteiger partial charge in [-0.3, -0.25) is 9.59 Å². The van der Waals surface area contributed by atoms with E-state index in [1.807, 2.05) is 0 Å². The zero-order valence-corrected chi connectivity index (χ0v) is 17.4. The molecule has 2 saturated heterocycles. The van der Waals surface area contributed by atoms with E-state index in [-0.39, 0.29) is 35.6 Å². The molecule has 1 spiro atoms. The van der Waals surface area contributed by atoms with Gasteiger partial charge in [0.25, 0.3) is 0 Å². The molecule has 2 saturated carbocycles. The molecule has 2 aliphatic heterocycles. The normalized spacial score (nSPS) is 47.8. The number of ketones is 1. The standard InChI is InChI=1S/C22H34O6/c1-14-10-18(25)22(13-27-15(2)23)19(17(24)5-8-21(22)12-28-21)20(14,3)7-4-16-6-9-26-11-16/h14,16-17,19,24H,4-13H2,1-3H3/t14-,16?,17-,19-,20+,21+,22-/m1/s1. The van der Waals surface area contributed by atoms with Gasteiger partial charge in [0.2, 0.25) is 0 Å². The molecule has 4 rings (SSSR count). The summed E-state index contributed by atoms with van der Waals surface area (Å²) in [6.07, 6.45) is 4.22. The Morgan fingerprint density at radius 1 is 1.36 bits per heavy atom. The molecule has 0 amide bonds. The fraction of sp³-hybridized carbons (Fsp3) is 0.909. The van der Waals surface area contributed by atoms with Crippen molar-refractivity contribution in [3.05, 3.63) is 0 Å². The van der Waals surface area contributed by atoms with E-state index in [9.17, 15) is 14.7 Å². The van der Waals surface area contributed by atoms with Crippen LogP contribution in [0.5, 0.6) is 0 Å². The molecule has 0 aromatic rings. The molecule has 6 nitrogen and oxygen atoms in total. The van der Waals surface area contributed by atoms with Crippen LogP contribution in [0, 0.1) is 28.6 Å². The Morgan fingerprint density at radius 2 is 2.11 bits per heavy atom. The van der Waals surface area contributed by atoms with E-state index < -0.39 is 17.1 Å². The minimum atomic E-state index is -0.927. The molecule has 1 unspecified atom stereocenters. The lowest BCUT2D eigenvalue weighted by Gasteiger charge is -2.61. The zero-order chi connectivity index (χ0) is 20.2. The van der Waals surface area contributed by atoms with Crippen LogP contribution < -0.4 is 0 Å². The van der Waals surface area contributed by atoms with Gasteiger partial charge in [-0.05, 0) is 49.4 Å². The molecule has 2 aliphatic carbocycles. The number of ether oxygens (including phenoxy) is 3. The van der Waals surface area contributed by atoms with E-state index in [1.54, 1.807) is 0 Å². The van der Waals surface area contributed by atoms with Gasteiger partial charge in [-0.15, -0.1) is 0 Å². The van der Waals surface area contributed by atoms with Gasteiger partial charge in [0, 0.05) is 32.5 Å². The lowest BCUT2D eigenvalue weighted by Crippen LogP contribution is -2.68. The van der Waals surface area contributed by atoms with E-state index in [0.717, 1.165) is 32.5 Å². The fourth-order valence-corrected chi connectivity index (χ4v) is 6.55. The minimum Gasteiger partial charge on any atom is -0.465 e. The van der Waals surface area contributed by atoms with Crippen molar-refractivity contribution >= 4 is 11.8 Å². The number of esters is 1. The van der Waals surface area contributed by atoms with Crippen LogP contribution in [0.15, 0.2) is 0 Å². The Bertz CT molecular complexity index is 637.